The predicted molar refractivity (Wildman–Crippen MR) is 51.1 cm³/mol. The van der Waals surface area contributed by atoms with E-state index in [0.717, 1.165) is 0 Å². The normalized spacial score (nSPS) is 14.0. The van der Waals surface area contributed by atoms with Gasteiger partial charge in [-0.1, -0.05) is 6.08 Å². The van der Waals surface area contributed by atoms with Crippen molar-refractivity contribution in [1.29, 1.82) is 0 Å². The van der Waals surface area contributed by atoms with Gasteiger partial charge in [-0.05, 0) is 25.7 Å². The Hall–Kier alpha value is -0.390. The Kier molecular flexibility index (Phi) is 5.94. The number of allylic oxidation sites excluding steroid dienone is 1. The average Bonchev–Trinajstić information content (AvgIpc) is 1.98. The molecule has 0 heterocycles. The van der Waals surface area contributed by atoms with Gasteiger partial charge in [0.1, 0.15) is 0 Å². The summed E-state index contributed by atoms with van der Waals surface area (Å²) in [7, 11) is -3.87. The summed E-state index contributed by atoms with van der Waals surface area (Å²) in [5.41, 5.74) is 0. The number of aliphatic hydroxyl groups excluding tert-OH is 1. The molecule has 0 spiro atoms. The molecule has 2 N–H and O–H groups in total. The Balaban J connectivity index is 3.47. The van der Waals surface area contributed by atoms with Crippen molar-refractivity contribution in [3.05, 3.63) is 12.7 Å². The minimum absolute atomic E-state index is 0.280. The molecule has 4 nitrogen and oxygen atoms in total. The Bertz CT molecular complexity index is 233. The second-order valence-electron chi connectivity index (χ2n) is 2.95. The van der Waals surface area contributed by atoms with Gasteiger partial charge >= 0.3 is 0 Å². The molecule has 13 heavy (non-hydrogen) atoms. The molecule has 78 valence electrons. The number of rotatable bonds is 7. The van der Waals surface area contributed by atoms with Gasteiger partial charge in [-0.3, -0.25) is 4.55 Å². The van der Waals surface area contributed by atoms with Crippen molar-refractivity contribution in [3.63, 3.8) is 0 Å². The van der Waals surface area contributed by atoms with Crippen LogP contribution in [0.5, 0.6) is 0 Å². The summed E-state index contributed by atoms with van der Waals surface area (Å²) in [6.45, 7) is 3.51. The van der Waals surface area contributed by atoms with Crippen LogP contribution < -0.4 is 0 Å². The zero-order chi connectivity index (χ0) is 10.3. The SMILES string of the molecule is C=CCCC(O)CCCS(=O)(=O)O. The monoisotopic (exact) mass is 208 g/mol. The lowest BCUT2D eigenvalue weighted by molar-refractivity contribution is 0.155. The maximum absolute atomic E-state index is 10.3. The van der Waals surface area contributed by atoms with Crippen LogP contribution in [0.15, 0.2) is 12.7 Å². The Morgan fingerprint density at radius 1 is 1.38 bits per heavy atom. The van der Waals surface area contributed by atoms with E-state index in [1.165, 1.54) is 0 Å². The third-order valence-electron chi connectivity index (χ3n) is 1.64. The van der Waals surface area contributed by atoms with Gasteiger partial charge in [-0.25, -0.2) is 0 Å². The highest BCUT2D eigenvalue weighted by Gasteiger charge is 2.07. The summed E-state index contributed by atoms with van der Waals surface area (Å²) in [5, 5.41) is 9.25. The highest BCUT2D eigenvalue weighted by Crippen LogP contribution is 2.05. The van der Waals surface area contributed by atoms with Gasteiger partial charge < -0.3 is 5.11 Å². The Morgan fingerprint density at radius 3 is 2.46 bits per heavy atom. The third-order valence-corrected chi connectivity index (χ3v) is 2.45. The molecule has 0 rings (SSSR count). The smallest absolute Gasteiger partial charge is 0.264 e. The molecular formula is C8H16O4S. The van der Waals surface area contributed by atoms with Gasteiger partial charge in [0.2, 0.25) is 0 Å². The fourth-order valence-corrected chi connectivity index (χ4v) is 1.49. The molecule has 0 aromatic carbocycles. The minimum Gasteiger partial charge on any atom is -0.393 e. The van der Waals surface area contributed by atoms with E-state index in [-0.39, 0.29) is 12.2 Å². The van der Waals surface area contributed by atoms with Crippen molar-refractivity contribution in [2.75, 3.05) is 5.75 Å². The van der Waals surface area contributed by atoms with Crippen molar-refractivity contribution in [2.24, 2.45) is 0 Å². The van der Waals surface area contributed by atoms with Gasteiger partial charge in [0.25, 0.3) is 10.1 Å². The van der Waals surface area contributed by atoms with Gasteiger partial charge in [-0.2, -0.15) is 8.42 Å². The maximum atomic E-state index is 10.3. The van der Waals surface area contributed by atoms with Crippen molar-refractivity contribution in [2.45, 2.75) is 31.8 Å². The highest BCUT2D eigenvalue weighted by atomic mass is 32.2. The van der Waals surface area contributed by atoms with E-state index in [0.29, 0.717) is 19.3 Å². The second-order valence-corrected chi connectivity index (χ2v) is 4.52. The van der Waals surface area contributed by atoms with Crippen LogP contribution in [0.2, 0.25) is 0 Å². The summed E-state index contributed by atoms with van der Waals surface area (Å²) in [5.74, 6) is -0.280. The van der Waals surface area contributed by atoms with Gasteiger partial charge in [-0.15, -0.1) is 6.58 Å². The standard InChI is InChI=1S/C8H16O4S/c1-2-3-5-8(9)6-4-7-13(10,11)12/h2,8-9H,1,3-7H2,(H,10,11,12). The lowest BCUT2D eigenvalue weighted by Gasteiger charge is -2.07. The van der Waals surface area contributed by atoms with Gasteiger partial charge in [0, 0.05) is 0 Å². The van der Waals surface area contributed by atoms with Crippen LogP contribution in [-0.2, 0) is 10.1 Å². The van der Waals surface area contributed by atoms with Crippen LogP contribution in [0, 0.1) is 0 Å². The predicted octanol–water partition coefficient (Wildman–Crippen LogP) is 0.982. The van der Waals surface area contributed by atoms with E-state index < -0.39 is 16.2 Å². The average molecular weight is 208 g/mol. The first-order valence-corrected chi connectivity index (χ1v) is 5.80. The van der Waals surface area contributed by atoms with Crippen LogP contribution in [0.1, 0.15) is 25.7 Å². The van der Waals surface area contributed by atoms with Crippen molar-refractivity contribution < 1.29 is 18.1 Å². The van der Waals surface area contributed by atoms with Crippen LogP contribution in [0.3, 0.4) is 0 Å². The molecule has 0 saturated heterocycles. The van der Waals surface area contributed by atoms with Gasteiger partial charge in [0.15, 0.2) is 0 Å². The first kappa shape index (κ1) is 12.6. The molecule has 0 aliphatic carbocycles. The molecule has 0 aromatic rings. The van der Waals surface area contributed by atoms with Crippen molar-refractivity contribution in [1.82, 2.24) is 0 Å². The van der Waals surface area contributed by atoms with Crippen LogP contribution in [0.25, 0.3) is 0 Å². The molecule has 0 amide bonds. The summed E-state index contributed by atoms with van der Waals surface area (Å²) < 4.78 is 29.0. The topological polar surface area (TPSA) is 74.6 Å². The lowest BCUT2D eigenvalue weighted by atomic mass is 10.1. The first-order chi connectivity index (χ1) is 5.95. The van der Waals surface area contributed by atoms with E-state index in [1.807, 2.05) is 0 Å². The summed E-state index contributed by atoms with van der Waals surface area (Å²) in [6.07, 6.45) is 3.19. The second kappa shape index (κ2) is 6.12. The lowest BCUT2D eigenvalue weighted by Crippen LogP contribution is -2.10. The summed E-state index contributed by atoms with van der Waals surface area (Å²) in [6, 6.07) is 0. The Labute approximate surface area is 79.0 Å². The fraction of sp³-hybridized carbons (Fsp3) is 0.750. The molecule has 5 heteroatoms. The van der Waals surface area contributed by atoms with E-state index in [4.69, 9.17) is 4.55 Å². The highest BCUT2D eigenvalue weighted by molar-refractivity contribution is 7.85. The molecule has 1 unspecified atom stereocenters. The third kappa shape index (κ3) is 9.52. The van der Waals surface area contributed by atoms with Crippen LogP contribution >= 0.6 is 0 Å². The fourth-order valence-electron chi connectivity index (χ4n) is 0.956. The number of aliphatic hydroxyl groups is 1. The molecule has 0 aromatic heterocycles. The molecule has 0 aliphatic heterocycles. The first-order valence-electron chi connectivity index (χ1n) is 4.20. The summed E-state index contributed by atoms with van der Waals surface area (Å²) >= 11 is 0. The van der Waals surface area contributed by atoms with Gasteiger partial charge in [0.05, 0.1) is 11.9 Å². The van der Waals surface area contributed by atoms with Crippen molar-refractivity contribution in [3.8, 4) is 0 Å². The van der Waals surface area contributed by atoms with E-state index in [1.54, 1.807) is 6.08 Å². The molecule has 0 radical (unpaired) electrons. The molecule has 0 fully saturated rings. The molecule has 0 bridgehead atoms. The van der Waals surface area contributed by atoms with Crippen LogP contribution in [-0.4, -0.2) is 29.9 Å². The maximum Gasteiger partial charge on any atom is 0.264 e. The van der Waals surface area contributed by atoms with Crippen LogP contribution in [0.4, 0.5) is 0 Å². The molecule has 0 saturated carbocycles. The van der Waals surface area contributed by atoms with E-state index in [9.17, 15) is 13.5 Å². The summed E-state index contributed by atoms with van der Waals surface area (Å²) in [4.78, 5) is 0. The molecule has 0 aliphatic rings. The zero-order valence-corrected chi connectivity index (χ0v) is 8.33. The van der Waals surface area contributed by atoms with Crippen molar-refractivity contribution >= 4 is 10.1 Å². The largest absolute Gasteiger partial charge is 0.393 e. The molecule has 1 atom stereocenters. The minimum atomic E-state index is -3.87. The number of hydrogen-bond acceptors (Lipinski definition) is 3. The number of hydrogen-bond donors (Lipinski definition) is 2. The zero-order valence-electron chi connectivity index (χ0n) is 7.52. The molecular weight excluding hydrogens is 192 g/mol. The van der Waals surface area contributed by atoms with E-state index >= 15 is 0 Å². The quantitative estimate of drug-likeness (QED) is 0.483. The van der Waals surface area contributed by atoms with E-state index in [2.05, 4.69) is 6.58 Å². The Morgan fingerprint density at radius 2 is 2.00 bits per heavy atom.